The summed E-state index contributed by atoms with van der Waals surface area (Å²) < 4.78 is 12.1. The number of hydrogen-bond acceptors (Lipinski definition) is 5. The molecule has 1 amide bonds. The zero-order valence-corrected chi connectivity index (χ0v) is 21.4. The molecule has 3 saturated heterocycles. The van der Waals surface area contributed by atoms with Crippen molar-refractivity contribution in [2.24, 2.45) is 5.92 Å². The lowest BCUT2D eigenvalue weighted by Crippen LogP contribution is -2.66. The Kier molecular flexibility index (Phi) is 7.79. The Labute approximate surface area is 213 Å². The number of nitrogens with zero attached hydrogens (tertiary/aromatic N) is 1. The Hall–Kier alpha value is -3.19. The third-order valence-corrected chi connectivity index (χ3v) is 7.14. The van der Waals surface area contributed by atoms with E-state index < -0.39 is 23.7 Å². The average molecular weight is 494 g/mol. The van der Waals surface area contributed by atoms with Crippen LogP contribution in [-0.4, -0.2) is 66.3 Å². The van der Waals surface area contributed by atoms with Crippen LogP contribution >= 0.6 is 0 Å². The summed E-state index contributed by atoms with van der Waals surface area (Å²) in [4.78, 5) is 38.9. The first-order valence-electron chi connectivity index (χ1n) is 12.8. The van der Waals surface area contributed by atoms with Crippen molar-refractivity contribution in [1.29, 1.82) is 0 Å². The molecule has 0 unspecified atom stereocenters. The van der Waals surface area contributed by atoms with Crippen LogP contribution in [0.25, 0.3) is 0 Å². The number of ether oxygens (including phenoxy) is 2. The minimum atomic E-state index is -0.864. The van der Waals surface area contributed by atoms with Gasteiger partial charge >= 0.3 is 12.1 Å². The fraction of sp³-hybridized carbons (Fsp3) is 0.483. The SMILES string of the molecule is CC(C)(C)OC(=O)N[C@@H](Cc1ccccc1)C(=O)O[C@H]1C[N+]2(CC(=O)c3ccccc3)CCC1CC2. The summed E-state index contributed by atoms with van der Waals surface area (Å²) in [5.41, 5.74) is 0.959. The summed E-state index contributed by atoms with van der Waals surface area (Å²) in [7, 11) is 0. The molecule has 0 aliphatic carbocycles. The zero-order chi connectivity index (χ0) is 25.8. The molecule has 0 saturated carbocycles. The number of esters is 1. The van der Waals surface area contributed by atoms with Gasteiger partial charge in [-0.25, -0.2) is 9.59 Å². The van der Waals surface area contributed by atoms with Crippen LogP contribution < -0.4 is 5.32 Å². The second-order valence-electron chi connectivity index (χ2n) is 11.1. The van der Waals surface area contributed by atoms with E-state index in [1.54, 1.807) is 20.8 Å². The first-order chi connectivity index (χ1) is 17.1. The van der Waals surface area contributed by atoms with Crippen LogP contribution in [0, 0.1) is 5.92 Å². The van der Waals surface area contributed by atoms with Gasteiger partial charge in [0.05, 0.1) is 13.1 Å². The molecule has 0 aromatic heterocycles. The third kappa shape index (κ3) is 6.72. The molecule has 36 heavy (non-hydrogen) atoms. The number of Topliss-reactive ketones (excluding diaryl/α,β-unsaturated/α-hetero) is 1. The predicted octanol–water partition coefficient (Wildman–Crippen LogP) is 4.16. The van der Waals surface area contributed by atoms with Crippen molar-refractivity contribution >= 4 is 17.8 Å². The van der Waals surface area contributed by atoms with E-state index in [1.165, 1.54) is 0 Å². The maximum absolute atomic E-state index is 13.4. The maximum atomic E-state index is 13.4. The molecular weight excluding hydrogens is 456 g/mol. The second kappa shape index (κ2) is 10.8. The minimum absolute atomic E-state index is 0.120. The Bertz CT molecular complexity index is 1060. The number of benzene rings is 2. The Morgan fingerprint density at radius 1 is 0.972 bits per heavy atom. The Morgan fingerprint density at radius 2 is 1.58 bits per heavy atom. The number of rotatable bonds is 8. The molecule has 7 nitrogen and oxygen atoms in total. The number of nitrogens with one attached hydrogen (secondary N) is 1. The van der Waals surface area contributed by atoms with Crippen molar-refractivity contribution in [3.8, 4) is 0 Å². The standard InChI is InChI=1S/C29H36N2O5/c1-29(2,3)36-28(34)30-24(18-21-10-6-4-7-11-21)27(33)35-26-20-31(16-14-23(26)15-17-31)19-25(32)22-12-8-5-9-13-22/h4-13,23-24,26H,14-20H2,1-3H3/p+1/t23?,24-,26-,31?/m0/s1. The number of piperidine rings is 3. The number of fused-ring (bicyclic) bond motifs is 3. The van der Waals surface area contributed by atoms with E-state index in [1.807, 2.05) is 60.7 Å². The van der Waals surface area contributed by atoms with Crippen molar-refractivity contribution in [2.45, 2.75) is 57.8 Å². The Balaban J connectivity index is 1.44. The largest absolute Gasteiger partial charge is 0.455 e. The lowest BCUT2D eigenvalue weighted by atomic mass is 9.82. The van der Waals surface area contributed by atoms with Gasteiger partial charge in [0, 0.05) is 30.7 Å². The molecule has 0 radical (unpaired) electrons. The maximum Gasteiger partial charge on any atom is 0.408 e. The van der Waals surface area contributed by atoms with Gasteiger partial charge in [0.15, 0.2) is 6.10 Å². The van der Waals surface area contributed by atoms with Crippen molar-refractivity contribution in [3.63, 3.8) is 0 Å². The Morgan fingerprint density at radius 3 is 2.19 bits per heavy atom. The fourth-order valence-corrected chi connectivity index (χ4v) is 5.32. The summed E-state index contributed by atoms with van der Waals surface area (Å²) in [6.45, 7) is 8.22. The minimum Gasteiger partial charge on any atom is -0.455 e. The van der Waals surface area contributed by atoms with Crippen LogP contribution in [0.15, 0.2) is 60.7 Å². The molecule has 192 valence electrons. The number of carbonyl (C=O) groups is 3. The van der Waals surface area contributed by atoms with E-state index in [0.717, 1.165) is 37.1 Å². The van der Waals surface area contributed by atoms with E-state index in [4.69, 9.17) is 9.47 Å². The monoisotopic (exact) mass is 493 g/mol. The van der Waals surface area contributed by atoms with Crippen LogP contribution in [0.5, 0.6) is 0 Å². The molecule has 3 aliphatic heterocycles. The van der Waals surface area contributed by atoms with E-state index in [-0.39, 0.29) is 17.8 Å². The molecule has 5 rings (SSSR count). The smallest absolute Gasteiger partial charge is 0.408 e. The quantitative estimate of drug-likeness (QED) is 0.339. The van der Waals surface area contributed by atoms with E-state index in [0.29, 0.717) is 24.0 Å². The van der Waals surface area contributed by atoms with Crippen LogP contribution in [0.3, 0.4) is 0 Å². The molecule has 0 spiro atoms. The zero-order valence-electron chi connectivity index (χ0n) is 21.4. The summed E-state index contributed by atoms with van der Waals surface area (Å²) in [5.74, 6) is -0.0646. The highest BCUT2D eigenvalue weighted by molar-refractivity contribution is 5.97. The molecule has 7 heteroatoms. The van der Waals surface area contributed by atoms with Crippen LogP contribution in [0.2, 0.25) is 0 Å². The molecule has 2 aromatic rings. The van der Waals surface area contributed by atoms with E-state index in [9.17, 15) is 14.4 Å². The molecule has 3 fully saturated rings. The normalized spacial score (nSPS) is 24.0. The highest BCUT2D eigenvalue weighted by Gasteiger charge is 2.49. The second-order valence-corrected chi connectivity index (χ2v) is 11.1. The number of ketones is 1. The lowest BCUT2D eigenvalue weighted by molar-refractivity contribution is -0.938. The number of quaternary nitrogens is 1. The molecule has 2 atom stereocenters. The first-order valence-corrected chi connectivity index (χ1v) is 12.8. The molecule has 1 N–H and O–H groups in total. The first kappa shape index (κ1) is 25.9. The summed E-state index contributed by atoms with van der Waals surface area (Å²) in [5, 5.41) is 2.72. The number of hydrogen-bond donors (Lipinski definition) is 1. The van der Waals surface area contributed by atoms with E-state index in [2.05, 4.69) is 5.32 Å². The topological polar surface area (TPSA) is 81.7 Å². The van der Waals surface area contributed by atoms with Gasteiger partial charge in [0.1, 0.15) is 24.7 Å². The molecular formula is C29H37N2O5+. The van der Waals surface area contributed by atoms with Crippen LogP contribution in [-0.2, 0) is 20.7 Å². The van der Waals surface area contributed by atoms with Crippen LogP contribution in [0.4, 0.5) is 4.79 Å². The van der Waals surface area contributed by atoms with E-state index >= 15 is 0 Å². The average Bonchev–Trinajstić information content (AvgIpc) is 2.84. The van der Waals surface area contributed by atoms with Gasteiger partial charge in [-0.3, -0.25) is 4.79 Å². The van der Waals surface area contributed by atoms with Gasteiger partial charge in [-0.05, 0) is 26.3 Å². The number of amides is 1. The third-order valence-electron chi connectivity index (χ3n) is 7.14. The lowest BCUT2D eigenvalue weighted by Gasteiger charge is -2.51. The van der Waals surface area contributed by atoms with Crippen LogP contribution in [0.1, 0.15) is 49.5 Å². The van der Waals surface area contributed by atoms with Crippen molar-refractivity contribution < 1.29 is 28.3 Å². The summed E-state index contributed by atoms with van der Waals surface area (Å²) >= 11 is 0. The highest BCUT2D eigenvalue weighted by atomic mass is 16.6. The molecule has 3 heterocycles. The van der Waals surface area contributed by atoms with Crippen molar-refractivity contribution in [3.05, 3.63) is 71.8 Å². The number of carbonyl (C=O) groups excluding carboxylic acids is 3. The highest BCUT2D eigenvalue weighted by Crippen LogP contribution is 2.36. The molecule has 2 aromatic carbocycles. The fourth-order valence-electron chi connectivity index (χ4n) is 5.32. The summed E-state index contributed by atoms with van der Waals surface area (Å²) in [6.07, 6.45) is 1.22. The number of alkyl carbamates (subject to hydrolysis) is 1. The van der Waals surface area contributed by atoms with Gasteiger partial charge < -0.3 is 19.3 Å². The molecule has 2 bridgehead atoms. The van der Waals surface area contributed by atoms with Gasteiger partial charge in [0.25, 0.3) is 0 Å². The van der Waals surface area contributed by atoms with Gasteiger partial charge in [-0.2, -0.15) is 0 Å². The van der Waals surface area contributed by atoms with Crippen molar-refractivity contribution in [2.75, 3.05) is 26.2 Å². The molecule has 3 aliphatic rings. The van der Waals surface area contributed by atoms with Gasteiger partial charge in [0.2, 0.25) is 5.78 Å². The van der Waals surface area contributed by atoms with Crippen molar-refractivity contribution in [1.82, 2.24) is 5.32 Å². The predicted molar refractivity (Wildman–Crippen MR) is 136 cm³/mol. The summed E-state index contributed by atoms with van der Waals surface area (Å²) in [6, 6.07) is 18.0. The van der Waals surface area contributed by atoms with Gasteiger partial charge in [-0.1, -0.05) is 60.7 Å². The van der Waals surface area contributed by atoms with Gasteiger partial charge in [-0.15, -0.1) is 0 Å².